The van der Waals surface area contributed by atoms with Gasteiger partial charge in [0, 0.05) is 12.7 Å². The van der Waals surface area contributed by atoms with Crippen LogP contribution in [0.2, 0.25) is 0 Å². The zero-order valence-corrected chi connectivity index (χ0v) is 9.64. The molecule has 1 aromatic heterocycles. The lowest BCUT2D eigenvalue weighted by Gasteiger charge is -2.14. The standard InChI is InChI=1S/C11H17N3O2/c1-3-10(11(15)16-4-2)13-7-9-5-6-12-8-14-9/h5-6,8,10,13H,3-4,7H2,1-2H3. The summed E-state index contributed by atoms with van der Waals surface area (Å²) in [5.74, 6) is -0.209. The van der Waals surface area contributed by atoms with Gasteiger partial charge in [-0.3, -0.25) is 10.1 Å². The van der Waals surface area contributed by atoms with Gasteiger partial charge in [0.1, 0.15) is 12.4 Å². The van der Waals surface area contributed by atoms with E-state index in [2.05, 4.69) is 15.3 Å². The average molecular weight is 223 g/mol. The zero-order valence-electron chi connectivity index (χ0n) is 9.64. The summed E-state index contributed by atoms with van der Waals surface area (Å²) < 4.78 is 4.95. The van der Waals surface area contributed by atoms with Crippen LogP contribution in [0.3, 0.4) is 0 Å². The second kappa shape index (κ2) is 6.90. The van der Waals surface area contributed by atoms with Crippen LogP contribution in [0.4, 0.5) is 0 Å². The Kier molecular flexibility index (Phi) is 5.42. The number of hydrogen-bond acceptors (Lipinski definition) is 5. The van der Waals surface area contributed by atoms with Crippen molar-refractivity contribution in [2.24, 2.45) is 0 Å². The molecular weight excluding hydrogens is 206 g/mol. The Labute approximate surface area is 95.3 Å². The van der Waals surface area contributed by atoms with E-state index in [-0.39, 0.29) is 12.0 Å². The largest absolute Gasteiger partial charge is 0.465 e. The Morgan fingerprint density at radius 1 is 1.56 bits per heavy atom. The van der Waals surface area contributed by atoms with E-state index in [1.807, 2.05) is 13.0 Å². The van der Waals surface area contributed by atoms with Crippen molar-refractivity contribution >= 4 is 5.97 Å². The molecule has 0 aliphatic rings. The van der Waals surface area contributed by atoms with E-state index < -0.39 is 0 Å². The first-order chi connectivity index (χ1) is 7.77. The van der Waals surface area contributed by atoms with Crippen molar-refractivity contribution in [3.05, 3.63) is 24.3 Å². The number of hydrogen-bond donors (Lipinski definition) is 1. The molecule has 16 heavy (non-hydrogen) atoms. The van der Waals surface area contributed by atoms with Crippen LogP contribution < -0.4 is 5.32 Å². The zero-order chi connectivity index (χ0) is 11.8. The monoisotopic (exact) mass is 223 g/mol. The second-order valence-corrected chi connectivity index (χ2v) is 3.29. The van der Waals surface area contributed by atoms with Gasteiger partial charge in [-0.1, -0.05) is 6.92 Å². The van der Waals surface area contributed by atoms with Gasteiger partial charge >= 0.3 is 5.97 Å². The summed E-state index contributed by atoms with van der Waals surface area (Å²) in [6.45, 7) is 4.69. The number of nitrogens with zero attached hydrogens (tertiary/aromatic N) is 2. The van der Waals surface area contributed by atoms with E-state index in [4.69, 9.17) is 4.74 Å². The van der Waals surface area contributed by atoms with Crippen molar-refractivity contribution in [3.63, 3.8) is 0 Å². The highest BCUT2D eigenvalue weighted by Gasteiger charge is 2.16. The van der Waals surface area contributed by atoms with Crippen molar-refractivity contribution in [1.82, 2.24) is 15.3 Å². The minimum Gasteiger partial charge on any atom is -0.465 e. The van der Waals surface area contributed by atoms with Crippen LogP contribution in [0, 0.1) is 0 Å². The third kappa shape index (κ3) is 3.94. The lowest BCUT2D eigenvalue weighted by Crippen LogP contribution is -2.37. The second-order valence-electron chi connectivity index (χ2n) is 3.29. The minimum absolute atomic E-state index is 0.209. The van der Waals surface area contributed by atoms with E-state index in [1.165, 1.54) is 6.33 Å². The molecule has 0 aliphatic carbocycles. The van der Waals surface area contributed by atoms with Crippen LogP contribution in [0.1, 0.15) is 26.0 Å². The summed E-state index contributed by atoms with van der Waals surface area (Å²) >= 11 is 0. The summed E-state index contributed by atoms with van der Waals surface area (Å²) in [7, 11) is 0. The Balaban J connectivity index is 2.43. The molecule has 1 N–H and O–H groups in total. The van der Waals surface area contributed by atoms with Crippen molar-refractivity contribution in [2.75, 3.05) is 6.61 Å². The van der Waals surface area contributed by atoms with Gasteiger partial charge in [-0.25, -0.2) is 9.97 Å². The van der Waals surface area contributed by atoms with Crippen molar-refractivity contribution in [2.45, 2.75) is 32.9 Å². The first-order valence-electron chi connectivity index (χ1n) is 5.42. The minimum atomic E-state index is -0.269. The SMILES string of the molecule is CCOC(=O)C(CC)NCc1ccncn1. The molecule has 1 rings (SSSR count). The molecule has 1 unspecified atom stereocenters. The molecule has 0 radical (unpaired) electrons. The molecule has 0 aromatic carbocycles. The first kappa shape index (κ1) is 12.6. The van der Waals surface area contributed by atoms with E-state index >= 15 is 0 Å². The molecule has 1 atom stereocenters. The van der Waals surface area contributed by atoms with Gasteiger partial charge in [0.2, 0.25) is 0 Å². The quantitative estimate of drug-likeness (QED) is 0.726. The molecule has 0 bridgehead atoms. The van der Waals surface area contributed by atoms with Crippen LogP contribution in [-0.4, -0.2) is 28.6 Å². The van der Waals surface area contributed by atoms with Crippen molar-refractivity contribution in [1.29, 1.82) is 0 Å². The van der Waals surface area contributed by atoms with E-state index in [0.29, 0.717) is 19.6 Å². The molecule has 88 valence electrons. The first-order valence-corrected chi connectivity index (χ1v) is 5.42. The molecule has 1 heterocycles. The van der Waals surface area contributed by atoms with Gasteiger partial charge < -0.3 is 4.74 Å². The van der Waals surface area contributed by atoms with Crippen LogP contribution in [0.5, 0.6) is 0 Å². The third-order valence-electron chi connectivity index (χ3n) is 2.15. The third-order valence-corrected chi connectivity index (χ3v) is 2.15. The molecule has 0 amide bonds. The predicted octanol–water partition coefficient (Wildman–Crippen LogP) is 0.908. The number of carbonyl (C=O) groups is 1. The summed E-state index contributed by atoms with van der Waals surface area (Å²) in [5.41, 5.74) is 0.859. The van der Waals surface area contributed by atoms with Crippen LogP contribution >= 0.6 is 0 Å². The average Bonchev–Trinajstić information content (AvgIpc) is 2.31. The summed E-state index contributed by atoms with van der Waals surface area (Å²) in [5, 5.41) is 3.11. The Hall–Kier alpha value is -1.49. The topological polar surface area (TPSA) is 64.1 Å². The molecule has 0 aliphatic heterocycles. The van der Waals surface area contributed by atoms with Crippen molar-refractivity contribution in [3.8, 4) is 0 Å². The smallest absolute Gasteiger partial charge is 0.323 e. The highest BCUT2D eigenvalue weighted by molar-refractivity contribution is 5.75. The molecule has 5 heteroatoms. The van der Waals surface area contributed by atoms with Gasteiger partial charge in [0.25, 0.3) is 0 Å². The highest BCUT2D eigenvalue weighted by atomic mass is 16.5. The molecule has 0 fully saturated rings. The van der Waals surface area contributed by atoms with Gasteiger partial charge in [0.15, 0.2) is 0 Å². The fourth-order valence-electron chi connectivity index (χ4n) is 1.29. The van der Waals surface area contributed by atoms with Gasteiger partial charge in [-0.05, 0) is 19.4 Å². The summed E-state index contributed by atoms with van der Waals surface area (Å²) in [6, 6.07) is 1.54. The Morgan fingerprint density at radius 3 is 2.94 bits per heavy atom. The number of carbonyl (C=O) groups excluding carboxylic acids is 1. The van der Waals surface area contributed by atoms with Gasteiger partial charge in [0.05, 0.1) is 12.3 Å². The van der Waals surface area contributed by atoms with E-state index in [1.54, 1.807) is 13.1 Å². The number of aromatic nitrogens is 2. The summed E-state index contributed by atoms with van der Waals surface area (Å²) in [6.07, 6.45) is 3.86. The lowest BCUT2D eigenvalue weighted by atomic mass is 10.2. The maximum absolute atomic E-state index is 11.5. The molecular formula is C11H17N3O2. The van der Waals surface area contributed by atoms with Crippen LogP contribution in [-0.2, 0) is 16.1 Å². The summed E-state index contributed by atoms with van der Waals surface area (Å²) in [4.78, 5) is 19.4. The number of esters is 1. The highest BCUT2D eigenvalue weighted by Crippen LogP contribution is 1.98. The molecule has 5 nitrogen and oxygen atoms in total. The number of ether oxygens (including phenoxy) is 1. The maximum atomic E-state index is 11.5. The van der Waals surface area contributed by atoms with Crippen LogP contribution in [0.15, 0.2) is 18.6 Å². The lowest BCUT2D eigenvalue weighted by molar-refractivity contribution is -0.145. The van der Waals surface area contributed by atoms with Crippen LogP contribution in [0.25, 0.3) is 0 Å². The fourth-order valence-corrected chi connectivity index (χ4v) is 1.29. The van der Waals surface area contributed by atoms with E-state index in [9.17, 15) is 4.79 Å². The van der Waals surface area contributed by atoms with Gasteiger partial charge in [-0.2, -0.15) is 0 Å². The predicted molar refractivity (Wildman–Crippen MR) is 59.6 cm³/mol. The van der Waals surface area contributed by atoms with E-state index in [0.717, 1.165) is 5.69 Å². The number of rotatable bonds is 6. The molecule has 0 saturated carbocycles. The van der Waals surface area contributed by atoms with Crippen molar-refractivity contribution < 1.29 is 9.53 Å². The Bertz CT molecular complexity index is 316. The fraction of sp³-hybridized carbons (Fsp3) is 0.545. The number of nitrogens with one attached hydrogen (secondary N) is 1. The van der Waals surface area contributed by atoms with Gasteiger partial charge in [-0.15, -0.1) is 0 Å². The normalized spacial score (nSPS) is 12.1. The molecule has 0 spiro atoms. The molecule has 1 aromatic rings. The Morgan fingerprint density at radius 2 is 2.38 bits per heavy atom. The maximum Gasteiger partial charge on any atom is 0.323 e. The molecule has 0 saturated heterocycles.